The monoisotopic (exact) mass is 248 g/mol. The van der Waals surface area contributed by atoms with Gasteiger partial charge in [-0.15, -0.1) is 0 Å². The molecule has 0 amide bonds. The minimum Gasteiger partial charge on any atom is -0.497 e. The van der Waals surface area contributed by atoms with Gasteiger partial charge in [0.25, 0.3) is 0 Å². The molecule has 96 valence electrons. The Kier molecular flexibility index (Phi) is 3.89. The average molecular weight is 248 g/mol. The topological polar surface area (TPSA) is 51.8 Å². The highest BCUT2D eigenvalue weighted by molar-refractivity contribution is 5.42. The molecular weight excluding hydrogens is 232 g/mol. The van der Waals surface area contributed by atoms with E-state index in [1.807, 2.05) is 6.07 Å². The SMILES string of the molecule is COc1ccc(C(O)Cc2ccco2)c(OC)c1. The van der Waals surface area contributed by atoms with Gasteiger partial charge in [0.2, 0.25) is 0 Å². The van der Waals surface area contributed by atoms with Crippen LogP contribution in [0.3, 0.4) is 0 Å². The van der Waals surface area contributed by atoms with Gasteiger partial charge in [0.1, 0.15) is 17.3 Å². The summed E-state index contributed by atoms with van der Waals surface area (Å²) in [6.07, 6.45) is 1.33. The lowest BCUT2D eigenvalue weighted by atomic mass is 10.0. The fraction of sp³-hybridized carbons (Fsp3) is 0.286. The molecule has 1 N–H and O–H groups in total. The molecule has 0 aliphatic heterocycles. The molecule has 0 aliphatic rings. The van der Waals surface area contributed by atoms with E-state index in [2.05, 4.69) is 0 Å². The van der Waals surface area contributed by atoms with Crippen LogP contribution in [0.2, 0.25) is 0 Å². The molecule has 1 unspecified atom stereocenters. The van der Waals surface area contributed by atoms with Crippen molar-refractivity contribution in [2.24, 2.45) is 0 Å². The van der Waals surface area contributed by atoms with Crippen LogP contribution in [0.4, 0.5) is 0 Å². The maximum absolute atomic E-state index is 10.2. The van der Waals surface area contributed by atoms with Gasteiger partial charge in [-0.2, -0.15) is 0 Å². The molecule has 2 aromatic rings. The lowest BCUT2D eigenvalue weighted by Crippen LogP contribution is -2.03. The van der Waals surface area contributed by atoms with E-state index in [1.165, 1.54) is 0 Å². The minimum atomic E-state index is -0.669. The molecule has 1 aromatic heterocycles. The summed E-state index contributed by atoms with van der Waals surface area (Å²) in [7, 11) is 3.16. The van der Waals surface area contributed by atoms with Crippen LogP contribution >= 0.6 is 0 Å². The van der Waals surface area contributed by atoms with Crippen LogP contribution < -0.4 is 9.47 Å². The molecule has 4 heteroatoms. The summed E-state index contributed by atoms with van der Waals surface area (Å²) in [6, 6.07) is 8.97. The molecule has 1 heterocycles. The molecule has 2 rings (SSSR count). The number of hydrogen-bond acceptors (Lipinski definition) is 4. The van der Waals surface area contributed by atoms with Crippen LogP contribution in [-0.4, -0.2) is 19.3 Å². The van der Waals surface area contributed by atoms with Crippen molar-refractivity contribution >= 4 is 0 Å². The summed E-state index contributed by atoms with van der Waals surface area (Å²) in [5, 5.41) is 10.2. The van der Waals surface area contributed by atoms with E-state index in [0.717, 1.165) is 11.3 Å². The first-order valence-corrected chi connectivity index (χ1v) is 5.67. The number of aliphatic hydroxyl groups excluding tert-OH is 1. The van der Waals surface area contributed by atoms with Gasteiger partial charge in [-0.05, 0) is 24.3 Å². The van der Waals surface area contributed by atoms with Crippen molar-refractivity contribution in [3.63, 3.8) is 0 Å². The standard InChI is InChI=1S/C14H16O4/c1-16-10-5-6-12(14(9-10)17-2)13(15)8-11-4-3-7-18-11/h3-7,9,13,15H,8H2,1-2H3. The second kappa shape index (κ2) is 5.60. The molecule has 0 spiro atoms. The summed E-state index contributed by atoms with van der Waals surface area (Å²) in [4.78, 5) is 0. The Morgan fingerprint density at radius 3 is 2.67 bits per heavy atom. The van der Waals surface area contributed by atoms with Crippen LogP contribution in [0.15, 0.2) is 41.0 Å². The van der Waals surface area contributed by atoms with Gasteiger partial charge in [-0.25, -0.2) is 0 Å². The van der Waals surface area contributed by atoms with E-state index in [-0.39, 0.29) is 0 Å². The van der Waals surface area contributed by atoms with Crippen molar-refractivity contribution in [3.05, 3.63) is 47.9 Å². The average Bonchev–Trinajstić information content (AvgIpc) is 2.90. The Hall–Kier alpha value is -1.94. The summed E-state index contributed by atoms with van der Waals surface area (Å²) >= 11 is 0. The molecule has 0 bridgehead atoms. The van der Waals surface area contributed by atoms with Gasteiger partial charge < -0.3 is 19.0 Å². The Bertz CT molecular complexity index is 491. The van der Waals surface area contributed by atoms with Crippen molar-refractivity contribution in [1.29, 1.82) is 0 Å². The van der Waals surface area contributed by atoms with Gasteiger partial charge in [0.05, 0.1) is 26.6 Å². The first-order valence-electron chi connectivity index (χ1n) is 5.67. The zero-order valence-corrected chi connectivity index (χ0v) is 10.4. The summed E-state index contributed by atoms with van der Waals surface area (Å²) in [5.74, 6) is 2.04. The third kappa shape index (κ3) is 2.65. The van der Waals surface area contributed by atoms with Crippen LogP contribution in [0.5, 0.6) is 11.5 Å². The van der Waals surface area contributed by atoms with Crippen LogP contribution in [-0.2, 0) is 6.42 Å². The number of benzene rings is 1. The first kappa shape index (κ1) is 12.5. The van der Waals surface area contributed by atoms with Crippen molar-refractivity contribution in [2.45, 2.75) is 12.5 Å². The number of rotatable bonds is 5. The third-order valence-corrected chi connectivity index (χ3v) is 2.77. The molecule has 0 saturated carbocycles. The zero-order chi connectivity index (χ0) is 13.0. The molecule has 0 aliphatic carbocycles. The predicted molar refractivity (Wildman–Crippen MR) is 66.9 cm³/mol. The molecule has 1 atom stereocenters. The summed E-state index contributed by atoms with van der Waals surface area (Å²) in [5.41, 5.74) is 0.717. The van der Waals surface area contributed by atoms with E-state index < -0.39 is 6.10 Å². The maximum atomic E-state index is 10.2. The highest BCUT2D eigenvalue weighted by Gasteiger charge is 2.15. The highest BCUT2D eigenvalue weighted by atomic mass is 16.5. The maximum Gasteiger partial charge on any atom is 0.128 e. The summed E-state index contributed by atoms with van der Waals surface area (Å²) in [6.45, 7) is 0. The van der Waals surface area contributed by atoms with Crippen molar-refractivity contribution in [1.82, 2.24) is 0 Å². The number of methoxy groups -OCH3 is 2. The molecule has 0 fully saturated rings. The van der Waals surface area contributed by atoms with Crippen LogP contribution in [0.1, 0.15) is 17.4 Å². The van der Waals surface area contributed by atoms with E-state index in [9.17, 15) is 5.11 Å². The van der Waals surface area contributed by atoms with E-state index in [4.69, 9.17) is 13.9 Å². The fourth-order valence-corrected chi connectivity index (χ4v) is 1.82. The number of furan rings is 1. The lowest BCUT2D eigenvalue weighted by Gasteiger charge is -2.14. The van der Waals surface area contributed by atoms with Gasteiger partial charge in [-0.1, -0.05) is 0 Å². The Labute approximate surface area is 106 Å². The van der Waals surface area contributed by atoms with E-state index in [0.29, 0.717) is 17.9 Å². The third-order valence-electron chi connectivity index (χ3n) is 2.77. The van der Waals surface area contributed by atoms with Gasteiger partial charge in [-0.3, -0.25) is 0 Å². The highest BCUT2D eigenvalue weighted by Crippen LogP contribution is 2.31. The largest absolute Gasteiger partial charge is 0.497 e. The van der Waals surface area contributed by atoms with Gasteiger partial charge in [0, 0.05) is 18.1 Å². The predicted octanol–water partition coefficient (Wildman–Crippen LogP) is 2.57. The van der Waals surface area contributed by atoms with E-state index >= 15 is 0 Å². The molecule has 4 nitrogen and oxygen atoms in total. The van der Waals surface area contributed by atoms with Gasteiger partial charge in [0.15, 0.2) is 0 Å². The number of ether oxygens (including phenoxy) is 2. The Morgan fingerprint density at radius 1 is 1.22 bits per heavy atom. The van der Waals surface area contributed by atoms with Crippen molar-refractivity contribution in [2.75, 3.05) is 14.2 Å². The quantitative estimate of drug-likeness (QED) is 0.883. The number of hydrogen-bond donors (Lipinski definition) is 1. The fourth-order valence-electron chi connectivity index (χ4n) is 1.82. The Balaban J connectivity index is 2.21. The first-order chi connectivity index (χ1) is 8.74. The van der Waals surface area contributed by atoms with Crippen molar-refractivity contribution in [3.8, 4) is 11.5 Å². The summed E-state index contributed by atoms with van der Waals surface area (Å²) < 4.78 is 15.6. The lowest BCUT2D eigenvalue weighted by molar-refractivity contribution is 0.166. The smallest absolute Gasteiger partial charge is 0.128 e. The second-order valence-electron chi connectivity index (χ2n) is 3.91. The second-order valence-corrected chi connectivity index (χ2v) is 3.91. The molecule has 1 aromatic carbocycles. The van der Waals surface area contributed by atoms with Gasteiger partial charge >= 0.3 is 0 Å². The molecule has 18 heavy (non-hydrogen) atoms. The number of aliphatic hydroxyl groups is 1. The minimum absolute atomic E-state index is 0.412. The Morgan fingerprint density at radius 2 is 2.06 bits per heavy atom. The molecular formula is C14H16O4. The van der Waals surface area contributed by atoms with Crippen LogP contribution in [0.25, 0.3) is 0 Å². The molecule has 0 saturated heterocycles. The van der Waals surface area contributed by atoms with E-state index in [1.54, 1.807) is 44.7 Å². The van der Waals surface area contributed by atoms with Crippen molar-refractivity contribution < 1.29 is 19.0 Å². The molecule has 0 radical (unpaired) electrons. The zero-order valence-electron chi connectivity index (χ0n) is 10.4. The van der Waals surface area contributed by atoms with Crippen LogP contribution in [0, 0.1) is 0 Å². The normalized spacial score (nSPS) is 12.2.